The summed E-state index contributed by atoms with van der Waals surface area (Å²) in [5.74, 6) is -0.733. The largest absolute Gasteiger partial charge is 0.384 e. The lowest BCUT2D eigenvalue weighted by Crippen LogP contribution is -2.55. The number of benzene rings is 2. The highest BCUT2D eigenvalue weighted by Gasteiger charge is 2.48. The number of aromatic nitrogens is 3. The molecule has 1 atom stereocenters. The van der Waals surface area contributed by atoms with Gasteiger partial charge in [-0.2, -0.15) is 0 Å². The molecule has 1 saturated heterocycles. The minimum absolute atomic E-state index is 0.0715. The summed E-state index contributed by atoms with van der Waals surface area (Å²) >= 11 is 3.51. The number of pyridine rings is 1. The molecule has 0 bridgehead atoms. The summed E-state index contributed by atoms with van der Waals surface area (Å²) in [6, 6.07) is 15.2. The average Bonchev–Trinajstić information content (AvgIpc) is 3.14. The number of rotatable bonds is 7. The van der Waals surface area contributed by atoms with Crippen molar-refractivity contribution in [2.45, 2.75) is 18.1 Å². The molecule has 2 aromatic heterocycles. The molecule has 1 unspecified atom stereocenters. The van der Waals surface area contributed by atoms with E-state index in [1.54, 1.807) is 31.4 Å². The van der Waals surface area contributed by atoms with Crippen molar-refractivity contribution in [1.82, 2.24) is 14.5 Å². The Morgan fingerprint density at radius 1 is 1.26 bits per heavy atom. The lowest BCUT2D eigenvalue weighted by molar-refractivity contribution is -0.187. The monoisotopic (exact) mass is 527 g/mol. The van der Waals surface area contributed by atoms with Crippen molar-refractivity contribution >= 4 is 27.0 Å². The van der Waals surface area contributed by atoms with E-state index in [-0.39, 0.29) is 18.8 Å². The van der Waals surface area contributed by atoms with Crippen LogP contribution in [0.4, 0.5) is 4.39 Å². The molecule has 0 radical (unpaired) electrons. The molecule has 0 aliphatic carbocycles. The Morgan fingerprint density at radius 3 is 2.76 bits per heavy atom. The molecule has 4 aromatic rings. The smallest absolute Gasteiger partial charge is 0.248 e. The fraction of sp³-hybridized carbons (Fsp3) is 0.280. The van der Waals surface area contributed by atoms with Gasteiger partial charge in [-0.05, 0) is 30.3 Å². The van der Waals surface area contributed by atoms with Gasteiger partial charge in [0.15, 0.2) is 0 Å². The number of aliphatic hydroxyl groups is 1. The van der Waals surface area contributed by atoms with E-state index >= 15 is 4.39 Å². The lowest BCUT2D eigenvalue weighted by Gasteiger charge is -2.42. The summed E-state index contributed by atoms with van der Waals surface area (Å²) in [6.07, 6.45) is 0. The van der Waals surface area contributed by atoms with Crippen LogP contribution in [0, 0.1) is 5.82 Å². The number of fused-ring (bicyclic) bond motifs is 1. The normalized spacial score (nSPS) is 15.9. The van der Waals surface area contributed by atoms with Crippen molar-refractivity contribution in [2.75, 3.05) is 26.9 Å². The Bertz CT molecular complexity index is 1410. The Labute approximate surface area is 203 Å². The van der Waals surface area contributed by atoms with E-state index in [0.717, 1.165) is 15.5 Å². The van der Waals surface area contributed by atoms with Crippen LogP contribution in [0.5, 0.6) is 0 Å². The highest BCUT2D eigenvalue weighted by atomic mass is 79.9. The molecule has 3 heterocycles. The predicted octanol–water partition coefficient (Wildman–Crippen LogP) is 3.83. The molecule has 2 N–H and O–H groups in total. The zero-order valence-electron chi connectivity index (χ0n) is 18.4. The van der Waals surface area contributed by atoms with Crippen LogP contribution in [0.15, 0.2) is 63.9 Å². The number of ether oxygens (including phenoxy) is 2. The number of hydrogen-bond donors (Lipinski definition) is 2. The van der Waals surface area contributed by atoms with Crippen molar-refractivity contribution in [1.29, 1.82) is 0 Å². The van der Waals surface area contributed by atoms with Gasteiger partial charge in [0.2, 0.25) is 5.56 Å². The highest BCUT2D eigenvalue weighted by Crippen LogP contribution is 2.42. The lowest BCUT2D eigenvalue weighted by atomic mass is 9.79. The average molecular weight is 528 g/mol. The van der Waals surface area contributed by atoms with Crippen molar-refractivity contribution in [3.05, 3.63) is 86.6 Å². The third-order valence-electron chi connectivity index (χ3n) is 6.15. The van der Waals surface area contributed by atoms with E-state index in [9.17, 15) is 9.90 Å². The second-order valence-electron chi connectivity index (χ2n) is 8.44. The van der Waals surface area contributed by atoms with Crippen molar-refractivity contribution in [3.8, 4) is 11.3 Å². The second kappa shape index (κ2) is 9.07. The minimum Gasteiger partial charge on any atom is -0.384 e. The maximum absolute atomic E-state index is 15.7. The Kier molecular flexibility index (Phi) is 6.11. The number of methoxy groups -OCH3 is 1. The number of aromatic amines is 1. The van der Waals surface area contributed by atoms with Gasteiger partial charge in [0.25, 0.3) is 0 Å². The Morgan fingerprint density at radius 2 is 2.09 bits per heavy atom. The highest BCUT2D eigenvalue weighted by molar-refractivity contribution is 9.10. The summed E-state index contributed by atoms with van der Waals surface area (Å²) in [6.45, 7) is 1.05. The van der Waals surface area contributed by atoms with Gasteiger partial charge in [0.05, 0.1) is 36.8 Å². The fourth-order valence-electron chi connectivity index (χ4n) is 4.44. The van der Waals surface area contributed by atoms with Gasteiger partial charge < -0.3 is 24.1 Å². The summed E-state index contributed by atoms with van der Waals surface area (Å²) in [7, 11) is 1.62. The van der Waals surface area contributed by atoms with Gasteiger partial charge in [-0.3, -0.25) is 4.79 Å². The van der Waals surface area contributed by atoms with Crippen molar-refractivity contribution in [3.63, 3.8) is 0 Å². The number of halogens is 2. The molecule has 1 aliphatic heterocycles. The zero-order valence-corrected chi connectivity index (χ0v) is 20.0. The molecule has 2 aromatic carbocycles. The summed E-state index contributed by atoms with van der Waals surface area (Å²) in [5.41, 5.74) is 1.37. The molecule has 0 spiro atoms. The van der Waals surface area contributed by atoms with Gasteiger partial charge in [-0.1, -0.05) is 34.1 Å². The van der Waals surface area contributed by atoms with E-state index in [0.29, 0.717) is 35.8 Å². The molecule has 1 fully saturated rings. The molecule has 7 nitrogen and oxygen atoms in total. The van der Waals surface area contributed by atoms with E-state index in [4.69, 9.17) is 14.5 Å². The Hall–Kier alpha value is -2.85. The van der Waals surface area contributed by atoms with E-state index in [1.807, 2.05) is 22.8 Å². The molecule has 5 rings (SSSR count). The fourth-order valence-corrected chi connectivity index (χ4v) is 4.79. The summed E-state index contributed by atoms with van der Waals surface area (Å²) < 4.78 is 29.2. The number of nitrogens with one attached hydrogen (secondary N) is 1. The van der Waals surface area contributed by atoms with Gasteiger partial charge in [-0.25, -0.2) is 9.37 Å². The van der Waals surface area contributed by atoms with Crippen LogP contribution in [0.2, 0.25) is 0 Å². The molecule has 0 amide bonds. The molecule has 9 heteroatoms. The van der Waals surface area contributed by atoms with Crippen molar-refractivity contribution in [2.24, 2.45) is 0 Å². The van der Waals surface area contributed by atoms with Crippen LogP contribution in [0.1, 0.15) is 17.3 Å². The first-order valence-corrected chi connectivity index (χ1v) is 11.6. The van der Waals surface area contributed by atoms with Crippen LogP contribution < -0.4 is 5.56 Å². The summed E-state index contributed by atoms with van der Waals surface area (Å²) in [4.78, 5) is 19.2. The van der Waals surface area contributed by atoms with Gasteiger partial charge in [0.1, 0.15) is 17.2 Å². The maximum Gasteiger partial charge on any atom is 0.248 e. The maximum atomic E-state index is 15.7. The molecular formula is C25H23BrFN3O4. The number of imidazole rings is 1. The first-order valence-electron chi connectivity index (χ1n) is 10.8. The van der Waals surface area contributed by atoms with Crippen molar-refractivity contribution < 1.29 is 19.0 Å². The first-order chi connectivity index (χ1) is 16.4. The summed E-state index contributed by atoms with van der Waals surface area (Å²) in [5, 5.41) is 11.4. The number of nitrogens with zero attached hydrogens (tertiary/aromatic N) is 2. The van der Waals surface area contributed by atoms with E-state index < -0.39 is 17.3 Å². The topological polar surface area (TPSA) is 89.4 Å². The quantitative estimate of drug-likeness (QED) is 0.381. The number of hydrogen-bond acceptors (Lipinski definition) is 5. The zero-order chi connectivity index (χ0) is 23.9. The second-order valence-corrected chi connectivity index (χ2v) is 9.36. The minimum atomic E-state index is -1.31. The standard InChI is InChI=1S/C25H23BrFN3O4/c1-33-10-9-30-21-12-16(26)6-8-20(21)29-24(30)23(25(32)13-34-14-25)17-7-5-15(11-18(17)27)19-3-2-4-22(31)28-19/h2-8,11-12,23,32H,9-10,13-14H2,1H3,(H,28,31). The molecule has 34 heavy (non-hydrogen) atoms. The first kappa shape index (κ1) is 22.9. The third-order valence-corrected chi connectivity index (χ3v) is 6.64. The van der Waals surface area contributed by atoms with Gasteiger partial charge >= 0.3 is 0 Å². The van der Waals surface area contributed by atoms with Crippen LogP contribution in [0.25, 0.3) is 22.3 Å². The van der Waals surface area contributed by atoms with Crippen LogP contribution in [0.3, 0.4) is 0 Å². The van der Waals surface area contributed by atoms with Crippen LogP contribution >= 0.6 is 15.9 Å². The van der Waals surface area contributed by atoms with E-state index in [1.165, 1.54) is 12.1 Å². The van der Waals surface area contributed by atoms with Gasteiger partial charge in [-0.15, -0.1) is 0 Å². The molecular weight excluding hydrogens is 505 g/mol. The van der Waals surface area contributed by atoms with Crippen LogP contribution in [-0.4, -0.2) is 52.2 Å². The predicted molar refractivity (Wildman–Crippen MR) is 129 cm³/mol. The third kappa shape index (κ3) is 4.09. The van der Waals surface area contributed by atoms with Gasteiger partial charge in [0, 0.05) is 41.0 Å². The molecule has 176 valence electrons. The number of H-pyrrole nitrogens is 1. The molecule has 0 saturated carbocycles. The van der Waals surface area contributed by atoms with E-state index in [2.05, 4.69) is 20.9 Å². The Balaban J connectivity index is 1.67. The molecule has 1 aliphatic rings. The van der Waals surface area contributed by atoms with Crippen LogP contribution in [-0.2, 0) is 16.0 Å². The SMILES string of the molecule is COCCn1c(C(c2ccc(-c3cccc(=O)[nH]3)cc2F)C2(O)COC2)nc2ccc(Br)cc21.